The van der Waals surface area contributed by atoms with Crippen LogP contribution < -0.4 is 5.32 Å². The average molecular weight is 269 g/mol. The second-order valence-corrected chi connectivity index (χ2v) is 6.52. The minimum absolute atomic E-state index is 0.209. The molecule has 0 spiro atoms. The van der Waals surface area contributed by atoms with Crippen molar-refractivity contribution in [1.82, 2.24) is 5.32 Å². The van der Waals surface area contributed by atoms with Gasteiger partial charge in [-0.25, -0.2) is 8.78 Å². The van der Waals surface area contributed by atoms with Gasteiger partial charge in [0, 0.05) is 16.8 Å². The topological polar surface area (TPSA) is 12.0 Å². The summed E-state index contributed by atoms with van der Waals surface area (Å²) < 4.78 is 28.3. The maximum Gasteiger partial charge on any atom is 0.141 e. The van der Waals surface area contributed by atoms with Crippen LogP contribution >= 0.6 is 11.3 Å². The average Bonchev–Trinajstić information content (AvgIpc) is 2.64. The summed E-state index contributed by atoms with van der Waals surface area (Å²) in [5.41, 5.74) is 0.702. The zero-order chi connectivity index (χ0) is 13.5. The van der Waals surface area contributed by atoms with Crippen LogP contribution in [0.2, 0.25) is 0 Å². The first-order valence-corrected chi connectivity index (χ1v) is 6.72. The number of hydrogen-bond donors (Lipinski definition) is 1. The fraction of sp³-hybridized carbons (Fsp3) is 0.429. The smallest absolute Gasteiger partial charge is 0.141 e. The molecule has 0 aliphatic heterocycles. The second-order valence-electron chi connectivity index (χ2n) is 5.41. The monoisotopic (exact) mass is 269 g/mol. The largest absolute Gasteiger partial charge is 0.315 e. The lowest BCUT2D eigenvalue weighted by Crippen LogP contribution is -2.16. The summed E-state index contributed by atoms with van der Waals surface area (Å²) in [5.74, 6) is -0.681. The molecule has 0 unspecified atom stereocenters. The first-order valence-electron chi connectivity index (χ1n) is 5.90. The summed E-state index contributed by atoms with van der Waals surface area (Å²) in [6, 6.07) is 2.41. The third-order valence-corrected chi connectivity index (χ3v) is 4.10. The Balaban J connectivity index is 2.85. The Bertz CT molecular complexity index is 581. The molecule has 98 valence electrons. The normalized spacial score (nSPS) is 12.3. The maximum atomic E-state index is 14.0. The van der Waals surface area contributed by atoms with Crippen LogP contribution in [0, 0.1) is 11.6 Å². The fourth-order valence-corrected chi connectivity index (χ4v) is 3.70. The van der Waals surface area contributed by atoms with Gasteiger partial charge in [0.25, 0.3) is 0 Å². The molecule has 1 N–H and O–H groups in total. The predicted molar refractivity (Wildman–Crippen MR) is 73.2 cm³/mol. The summed E-state index contributed by atoms with van der Waals surface area (Å²) in [5, 5.41) is 3.50. The van der Waals surface area contributed by atoms with E-state index in [0.29, 0.717) is 16.6 Å². The van der Waals surface area contributed by atoms with Crippen molar-refractivity contribution >= 4 is 21.4 Å². The Kier molecular flexibility index (Phi) is 3.43. The van der Waals surface area contributed by atoms with E-state index in [4.69, 9.17) is 0 Å². The number of rotatable bonds is 2. The molecular weight excluding hydrogens is 252 g/mol. The minimum atomic E-state index is -0.343. The minimum Gasteiger partial charge on any atom is -0.315 e. The molecule has 0 fully saturated rings. The van der Waals surface area contributed by atoms with Crippen molar-refractivity contribution < 1.29 is 8.78 Å². The van der Waals surface area contributed by atoms with Gasteiger partial charge in [0.1, 0.15) is 11.6 Å². The molecule has 0 saturated carbocycles. The Hall–Kier alpha value is -1.00. The van der Waals surface area contributed by atoms with Crippen LogP contribution in [0.1, 0.15) is 31.2 Å². The summed E-state index contributed by atoms with van der Waals surface area (Å²) in [7, 11) is 1.84. The lowest BCUT2D eigenvalue weighted by molar-refractivity contribution is 0.578. The number of benzene rings is 1. The Morgan fingerprint density at radius 3 is 2.33 bits per heavy atom. The van der Waals surface area contributed by atoms with Gasteiger partial charge < -0.3 is 5.32 Å². The maximum absolute atomic E-state index is 14.0. The molecule has 1 nitrogen and oxygen atoms in total. The molecule has 18 heavy (non-hydrogen) atoms. The Morgan fingerprint density at radius 1 is 1.17 bits per heavy atom. The summed E-state index contributed by atoms with van der Waals surface area (Å²) >= 11 is 1.34. The molecule has 0 atom stereocenters. The highest BCUT2D eigenvalue weighted by Crippen LogP contribution is 2.41. The third-order valence-electron chi connectivity index (χ3n) is 2.90. The van der Waals surface area contributed by atoms with Gasteiger partial charge in [-0.05, 0) is 30.2 Å². The number of hydrogen-bond acceptors (Lipinski definition) is 2. The van der Waals surface area contributed by atoms with Crippen molar-refractivity contribution in [3.8, 4) is 0 Å². The standard InChI is InChI=1S/C14H17F2NS/c1-14(2,3)12-10(7-17-4)18-13-9(16)6-5-8(15)11(12)13/h5-6,17H,7H2,1-4H3. The zero-order valence-electron chi connectivity index (χ0n) is 11.0. The van der Waals surface area contributed by atoms with Gasteiger partial charge in [0.05, 0.1) is 4.70 Å². The highest BCUT2D eigenvalue weighted by atomic mass is 32.1. The second kappa shape index (κ2) is 4.59. The molecule has 1 heterocycles. The van der Waals surface area contributed by atoms with E-state index >= 15 is 0 Å². The van der Waals surface area contributed by atoms with Gasteiger partial charge in [-0.2, -0.15) is 0 Å². The van der Waals surface area contributed by atoms with Crippen LogP contribution in [0.3, 0.4) is 0 Å². The molecule has 0 aliphatic rings. The molecule has 1 aromatic carbocycles. The van der Waals surface area contributed by atoms with Crippen LogP contribution in [-0.2, 0) is 12.0 Å². The molecule has 0 saturated heterocycles. The number of fused-ring (bicyclic) bond motifs is 1. The molecule has 0 bridgehead atoms. The Morgan fingerprint density at radius 2 is 1.78 bits per heavy atom. The number of nitrogens with one attached hydrogen (secondary N) is 1. The van der Waals surface area contributed by atoms with Crippen molar-refractivity contribution in [3.63, 3.8) is 0 Å². The molecule has 4 heteroatoms. The van der Waals surface area contributed by atoms with Crippen LogP contribution in [0.5, 0.6) is 0 Å². The third kappa shape index (κ3) is 2.15. The fourth-order valence-electron chi connectivity index (χ4n) is 2.26. The summed E-state index contributed by atoms with van der Waals surface area (Å²) in [6.07, 6.45) is 0. The zero-order valence-corrected chi connectivity index (χ0v) is 11.8. The van der Waals surface area contributed by atoms with Crippen LogP contribution in [-0.4, -0.2) is 7.05 Å². The molecule has 2 aromatic rings. The van der Waals surface area contributed by atoms with E-state index < -0.39 is 0 Å². The molecule has 0 aliphatic carbocycles. The van der Waals surface area contributed by atoms with Gasteiger partial charge >= 0.3 is 0 Å². The van der Waals surface area contributed by atoms with Crippen molar-refractivity contribution in [2.75, 3.05) is 7.05 Å². The number of halogens is 2. The molecular formula is C14H17F2NS. The first-order chi connectivity index (χ1) is 8.36. The molecule has 0 amide bonds. The number of thiophene rings is 1. The van der Waals surface area contributed by atoms with E-state index in [1.54, 1.807) is 0 Å². The van der Waals surface area contributed by atoms with Crippen LogP contribution in [0.4, 0.5) is 8.78 Å². The molecule has 0 radical (unpaired) electrons. The van der Waals surface area contributed by atoms with Gasteiger partial charge in [0.2, 0.25) is 0 Å². The molecule has 1 aromatic heterocycles. The molecule has 2 rings (SSSR count). The van der Waals surface area contributed by atoms with Gasteiger partial charge in [-0.15, -0.1) is 11.3 Å². The van der Waals surface area contributed by atoms with E-state index in [9.17, 15) is 8.78 Å². The van der Waals surface area contributed by atoms with E-state index in [1.165, 1.54) is 23.5 Å². The SMILES string of the molecule is CNCc1sc2c(F)ccc(F)c2c1C(C)(C)C. The van der Waals surface area contributed by atoms with Crippen molar-refractivity contribution in [3.05, 3.63) is 34.2 Å². The van der Waals surface area contributed by atoms with E-state index in [2.05, 4.69) is 5.32 Å². The van der Waals surface area contributed by atoms with Crippen LogP contribution in [0.15, 0.2) is 12.1 Å². The van der Waals surface area contributed by atoms with Crippen LogP contribution in [0.25, 0.3) is 10.1 Å². The predicted octanol–water partition coefficient (Wildman–Crippen LogP) is 4.20. The van der Waals surface area contributed by atoms with Crippen molar-refractivity contribution in [2.45, 2.75) is 32.7 Å². The van der Waals surface area contributed by atoms with E-state index in [0.717, 1.165) is 10.4 Å². The van der Waals surface area contributed by atoms with Gasteiger partial charge in [-0.3, -0.25) is 0 Å². The van der Waals surface area contributed by atoms with Gasteiger partial charge in [0.15, 0.2) is 0 Å². The summed E-state index contributed by atoms with van der Waals surface area (Å²) in [4.78, 5) is 1.00. The van der Waals surface area contributed by atoms with Crippen molar-refractivity contribution in [1.29, 1.82) is 0 Å². The lowest BCUT2D eigenvalue weighted by Gasteiger charge is -2.20. The highest BCUT2D eigenvalue weighted by Gasteiger charge is 2.26. The van der Waals surface area contributed by atoms with Crippen molar-refractivity contribution in [2.24, 2.45) is 0 Å². The quantitative estimate of drug-likeness (QED) is 0.861. The van der Waals surface area contributed by atoms with E-state index in [-0.39, 0.29) is 17.0 Å². The summed E-state index contributed by atoms with van der Waals surface area (Å²) in [6.45, 7) is 6.71. The first kappa shape index (κ1) is 13.4. The van der Waals surface area contributed by atoms with E-state index in [1.807, 2.05) is 27.8 Å². The van der Waals surface area contributed by atoms with Gasteiger partial charge in [-0.1, -0.05) is 20.8 Å². The highest BCUT2D eigenvalue weighted by molar-refractivity contribution is 7.19. The lowest BCUT2D eigenvalue weighted by atomic mass is 9.84. The Labute approximate surface area is 110 Å².